The maximum absolute atomic E-state index is 12.4. The lowest BCUT2D eigenvalue weighted by Gasteiger charge is -2.39. The summed E-state index contributed by atoms with van der Waals surface area (Å²) in [6.45, 7) is 15.6. The van der Waals surface area contributed by atoms with E-state index >= 15 is 0 Å². The Balaban J connectivity index is 1.65. The highest BCUT2D eigenvalue weighted by molar-refractivity contribution is 5.98. The van der Waals surface area contributed by atoms with Gasteiger partial charge in [0.2, 0.25) is 5.79 Å². The zero-order chi connectivity index (χ0) is 29.3. The summed E-state index contributed by atoms with van der Waals surface area (Å²) in [5.74, 6) is -1.55. The molecule has 1 aromatic heterocycles. The first-order chi connectivity index (χ1) is 18.9. The maximum Gasteiger partial charge on any atom is 0.322 e. The van der Waals surface area contributed by atoms with Crippen LogP contribution in [0.25, 0.3) is 11.0 Å². The Morgan fingerprint density at radius 2 is 1.62 bits per heavy atom. The van der Waals surface area contributed by atoms with E-state index < -0.39 is 24.2 Å². The predicted molar refractivity (Wildman–Crippen MR) is 153 cm³/mol. The molecule has 8 heteroatoms. The van der Waals surface area contributed by atoms with Crippen LogP contribution in [0.1, 0.15) is 80.3 Å². The number of furan rings is 1. The fourth-order valence-corrected chi connectivity index (χ4v) is 5.66. The highest BCUT2D eigenvalue weighted by Crippen LogP contribution is 2.43. The number of aliphatic carboxylic acids is 1. The number of carboxylic acids is 1. The number of carboxylic acid groups (broad SMARTS) is 1. The van der Waals surface area contributed by atoms with Gasteiger partial charge in [0.25, 0.3) is 5.91 Å². The molecule has 40 heavy (non-hydrogen) atoms. The van der Waals surface area contributed by atoms with Gasteiger partial charge >= 0.3 is 5.97 Å². The number of rotatable bonds is 10. The number of hydrogen-bond donors (Lipinski definition) is 2. The van der Waals surface area contributed by atoms with Crippen molar-refractivity contribution in [1.82, 2.24) is 5.32 Å². The Kier molecular flexibility index (Phi) is 8.33. The van der Waals surface area contributed by atoms with Gasteiger partial charge in [-0.1, -0.05) is 52.8 Å². The number of aryl methyl sites for hydroxylation is 2. The molecule has 8 nitrogen and oxygen atoms in total. The molecule has 1 fully saturated rings. The molecule has 0 spiro atoms. The van der Waals surface area contributed by atoms with Crippen molar-refractivity contribution < 1.29 is 33.3 Å². The lowest BCUT2D eigenvalue weighted by molar-refractivity contribution is -0.237. The van der Waals surface area contributed by atoms with Crippen molar-refractivity contribution in [1.29, 1.82) is 0 Å². The van der Waals surface area contributed by atoms with Gasteiger partial charge in [-0.3, -0.25) is 9.59 Å². The second-order valence-corrected chi connectivity index (χ2v) is 11.7. The molecule has 0 radical (unpaired) electrons. The number of nitrogens with one attached hydrogen (secondary N) is 1. The van der Waals surface area contributed by atoms with Crippen LogP contribution in [-0.2, 0) is 19.7 Å². The highest BCUT2D eigenvalue weighted by Gasteiger charge is 2.48. The van der Waals surface area contributed by atoms with Crippen molar-refractivity contribution in [2.24, 2.45) is 5.41 Å². The molecule has 1 amide bonds. The Morgan fingerprint density at radius 3 is 2.20 bits per heavy atom. The number of fused-ring (bicyclic) bond motifs is 1. The van der Waals surface area contributed by atoms with Crippen molar-refractivity contribution in [3.05, 3.63) is 64.4 Å². The summed E-state index contributed by atoms with van der Waals surface area (Å²) in [7, 11) is 0. The average molecular weight is 552 g/mol. The van der Waals surface area contributed by atoms with Crippen molar-refractivity contribution in [2.75, 3.05) is 26.4 Å². The monoisotopic (exact) mass is 551 g/mol. The van der Waals surface area contributed by atoms with E-state index in [-0.39, 0.29) is 16.6 Å². The van der Waals surface area contributed by atoms with Gasteiger partial charge in [-0.2, -0.15) is 0 Å². The van der Waals surface area contributed by atoms with Gasteiger partial charge in [-0.25, -0.2) is 0 Å². The van der Waals surface area contributed by atoms with Crippen LogP contribution in [0.4, 0.5) is 0 Å². The molecule has 2 aromatic carbocycles. The molecule has 0 unspecified atom stereocenters. The lowest BCUT2D eigenvalue weighted by atomic mass is 9.70. The zero-order valence-electron chi connectivity index (χ0n) is 24.6. The van der Waals surface area contributed by atoms with Crippen LogP contribution in [0.3, 0.4) is 0 Å². The number of carbonyl (C=O) groups excluding carboxylic acids is 1. The number of benzene rings is 2. The number of carbonyl (C=O) groups is 2. The Hall–Kier alpha value is -3.36. The van der Waals surface area contributed by atoms with E-state index in [1.807, 2.05) is 13.0 Å². The van der Waals surface area contributed by atoms with Crippen LogP contribution in [0, 0.1) is 19.3 Å². The zero-order valence-corrected chi connectivity index (χ0v) is 24.6. The second-order valence-electron chi connectivity index (χ2n) is 11.7. The van der Waals surface area contributed by atoms with Crippen molar-refractivity contribution in [3.8, 4) is 5.75 Å². The van der Waals surface area contributed by atoms with E-state index in [1.54, 1.807) is 6.07 Å². The molecule has 1 saturated heterocycles. The van der Waals surface area contributed by atoms with Gasteiger partial charge in [-0.15, -0.1) is 0 Å². The quantitative estimate of drug-likeness (QED) is 0.312. The molecule has 3 aromatic rings. The minimum Gasteiger partial charge on any atom is -0.488 e. The van der Waals surface area contributed by atoms with Crippen LogP contribution in [0.5, 0.6) is 5.75 Å². The molecule has 0 aliphatic carbocycles. The van der Waals surface area contributed by atoms with Gasteiger partial charge in [0.15, 0.2) is 5.76 Å². The van der Waals surface area contributed by atoms with Gasteiger partial charge in [0.05, 0.1) is 13.2 Å². The summed E-state index contributed by atoms with van der Waals surface area (Å²) in [5.41, 5.74) is 4.37. The van der Waals surface area contributed by atoms with Crippen LogP contribution in [0.15, 0.2) is 40.8 Å². The van der Waals surface area contributed by atoms with E-state index in [4.69, 9.17) is 23.7 Å². The van der Waals surface area contributed by atoms with Crippen LogP contribution < -0.4 is 10.1 Å². The number of amides is 1. The molecule has 0 bridgehead atoms. The molecule has 1 aliphatic rings. The topological polar surface area (TPSA) is 107 Å². The average Bonchev–Trinajstić information content (AvgIpc) is 3.56. The minimum atomic E-state index is -1.11. The molecular formula is C32H41NO7. The van der Waals surface area contributed by atoms with Crippen molar-refractivity contribution in [3.63, 3.8) is 0 Å². The smallest absolute Gasteiger partial charge is 0.322 e. The van der Waals surface area contributed by atoms with E-state index in [0.717, 1.165) is 40.7 Å². The maximum atomic E-state index is 12.4. The summed E-state index contributed by atoms with van der Waals surface area (Å²) in [6, 6.07) is 12.2. The fraction of sp³-hybridized carbons (Fsp3) is 0.500. The van der Waals surface area contributed by atoms with Crippen molar-refractivity contribution >= 4 is 22.8 Å². The first-order valence-corrected chi connectivity index (χ1v) is 13.9. The van der Waals surface area contributed by atoms with Crippen LogP contribution in [0.2, 0.25) is 0 Å². The molecule has 0 atom stereocenters. The molecule has 4 rings (SSSR count). The predicted octanol–water partition coefficient (Wildman–Crippen LogP) is 6.14. The molecule has 216 valence electrons. The number of hydrogen-bond acceptors (Lipinski definition) is 6. The largest absolute Gasteiger partial charge is 0.488 e. The molecule has 0 saturated carbocycles. The lowest BCUT2D eigenvalue weighted by Crippen LogP contribution is -2.49. The van der Waals surface area contributed by atoms with Gasteiger partial charge < -0.3 is 29.1 Å². The van der Waals surface area contributed by atoms with Crippen LogP contribution >= 0.6 is 0 Å². The van der Waals surface area contributed by atoms with Gasteiger partial charge in [-0.05, 0) is 67.1 Å². The standard InChI is InChI=1S/C32H41NO7/c1-8-31(9-2,24-15-21(4)28-22(16-24)17-26(40-28)29(36)33-18-27(34)35)23-10-11-25(20(3)14-23)37-19-32(30(5,6)7)38-12-13-39-32/h10-11,14-17H,8-9,12-13,18-19H2,1-7H3,(H,33,36)(H,34,35). The van der Waals surface area contributed by atoms with E-state index in [2.05, 4.69) is 71.1 Å². The Morgan fingerprint density at radius 1 is 0.975 bits per heavy atom. The Labute approximate surface area is 236 Å². The molecule has 2 N–H and O–H groups in total. The number of ether oxygens (including phenoxy) is 3. The van der Waals surface area contributed by atoms with Gasteiger partial charge in [0.1, 0.15) is 24.5 Å². The second kappa shape index (κ2) is 11.3. The summed E-state index contributed by atoms with van der Waals surface area (Å²) in [4.78, 5) is 23.3. The summed E-state index contributed by atoms with van der Waals surface area (Å²) in [6.07, 6.45) is 1.74. The van der Waals surface area contributed by atoms with Crippen molar-refractivity contribution in [2.45, 2.75) is 72.5 Å². The summed E-state index contributed by atoms with van der Waals surface area (Å²) >= 11 is 0. The highest BCUT2D eigenvalue weighted by atomic mass is 16.8. The molecule has 1 aliphatic heterocycles. The first-order valence-electron chi connectivity index (χ1n) is 13.9. The third-order valence-corrected chi connectivity index (χ3v) is 8.23. The van der Waals surface area contributed by atoms with E-state index in [0.29, 0.717) is 25.4 Å². The summed E-state index contributed by atoms with van der Waals surface area (Å²) in [5, 5.41) is 12.0. The van der Waals surface area contributed by atoms with Gasteiger partial charge in [0, 0.05) is 16.2 Å². The third kappa shape index (κ3) is 5.47. The molecular weight excluding hydrogens is 510 g/mol. The first kappa shape index (κ1) is 29.6. The third-order valence-electron chi connectivity index (χ3n) is 8.23. The fourth-order valence-electron chi connectivity index (χ4n) is 5.66. The van der Waals surface area contributed by atoms with E-state index in [9.17, 15) is 9.59 Å². The Bertz CT molecular complexity index is 1390. The summed E-state index contributed by atoms with van der Waals surface area (Å²) < 4.78 is 24.2. The minimum absolute atomic E-state index is 0.0932. The molecule has 2 heterocycles. The SMILES string of the molecule is CCC(CC)(c1ccc(OCC2(C(C)(C)C)OCCO2)c(C)c1)c1cc(C)c2oc(C(=O)NCC(=O)O)cc2c1. The van der Waals surface area contributed by atoms with E-state index in [1.165, 1.54) is 5.56 Å². The normalized spacial score (nSPS) is 15.4. The van der Waals surface area contributed by atoms with Crippen LogP contribution in [-0.4, -0.2) is 49.1 Å².